The van der Waals surface area contributed by atoms with Crippen LogP contribution < -0.4 is 0 Å². The minimum Gasteiger partial charge on any atom is -0.285 e. The molecule has 0 spiro atoms. The number of nitrogens with zero attached hydrogens (tertiary/aromatic N) is 1. The molecule has 0 aliphatic rings. The lowest BCUT2D eigenvalue weighted by molar-refractivity contribution is 0.562. The molecule has 0 unspecified atom stereocenters. The minimum absolute atomic E-state index is 0.505. The van der Waals surface area contributed by atoms with Gasteiger partial charge < -0.3 is 0 Å². The Morgan fingerprint density at radius 2 is 2.62 bits per heavy atom. The van der Waals surface area contributed by atoms with Gasteiger partial charge in [-0.2, -0.15) is 5.10 Å². The van der Waals surface area contributed by atoms with Crippen molar-refractivity contribution in [1.29, 1.82) is 0 Å². The molecule has 0 fully saturated rings. The highest BCUT2D eigenvalue weighted by atomic mass is 16.1. The van der Waals surface area contributed by atoms with Gasteiger partial charge in [0, 0.05) is 6.20 Å². The maximum absolute atomic E-state index is 9.90. The molecule has 3 heteroatoms. The zero-order valence-electron chi connectivity index (χ0n) is 4.43. The van der Waals surface area contributed by atoms with Crippen LogP contribution in [0.15, 0.2) is 6.20 Å². The first-order chi connectivity index (χ1) is 3.84. The van der Waals surface area contributed by atoms with Crippen molar-refractivity contribution in [3.63, 3.8) is 0 Å². The second kappa shape index (κ2) is 1.78. The molecule has 0 saturated heterocycles. The molecule has 0 bridgehead atoms. The Morgan fingerprint density at radius 1 is 1.88 bits per heavy atom. The number of H-pyrrole nitrogens is 1. The number of hydrogen-bond acceptors (Lipinski definition) is 2. The molecule has 1 heterocycles. The zero-order chi connectivity index (χ0) is 5.98. The van der Waals surface area contributed by atoms with Gasteiger partial charge in [0.05, 0.1) is 11.3 Å². The number of nitrogens with one attached hydrogen (secondary N) is 1. The fourth-order valence-electron chi connectivity index (χ4n) is 0.462. The Morgan fingerprint density at radius 3 is 2.88 bits per heavy atom. The molecule has 1 radical (unpaired) electrons. The van der Waals surface area contributed by atoms with Crippen LogP contribution in [0, 0.1) is 6.92 Å². The lowest BCUT2D eigenvalue weighted by Gasteiger charge is -1.74. The Bertz CT molecular complexity index is 192. The van der Waals surface area contributed by atoms with Crippen LogP contribution in [0.1, 0.15) is 11.3 Å². The smallest absolute Gasteiger partial charge is 0.237 e. The van der Waals surface area contributed by atoms with E-state index in [-0.39, 0.29) is 0 Å². The maximum atomic E-state index is 9.90. The van der Waals surface area contributed by atoms with Gasteiger partial charge in [0.15, 0.2) is 0 Å². The summed E-state index contributed by atoms with van der Waals surface area (Å²) < 4.78 is 0. The third-order valence-corrected chi connectivity index (χ3v) is 0.941. The van der Waals surface area contributed by atoms with Gasteiger partial charge in [0.2, 0.25) is 6.29 Å². The fourth-order valence-corrected chi connectivity index (χ4v) is 0.462. The molecule has 41 valence electrons. The summed E-state index contributed by atoms with van der Waals surface area (Å²) in [7, 11) is 0. The molecule has 0 amide bonds. The third-order valence-electron chi connectivity index (χ3n) is 0.941. The monoisotopic (exact) mass is 109 g/mol. The SMILES string of the molecule is Cc1n[nH]cc1[C]=O. The van der Waals surface area contributed by atoms with E-state index >= 15 is 0 Å². The van der Waals surface area contributed by atoms with Crippen LogP contribution >= 0.6 is 0 Å². The first kappa shape index (κ1) is 5.03. The van der Waals surface area contributed by atoms with E-state index in [4.69, 9.17) is 0 Å². The van der Waals surface area contributed by atoms with Crippen molar-refractivity contribution in [3.8, 4) is 0 Å². The third kappa shape index (κ3) is 0.621. The molecular weight excluding hydrogens is 104 g/mol. The van der Waals surface area contributed by atoms with Crippen molar-refractivity contribution in [2.75, 3.05) is 0 Å². The number of hydrogen-bond donors (Lipinski definition) is 1. The molecule has 0 aliphatic heterocycles. The largest absolute Gasteiger partial charge is 0.285 e. The molecule has 1 N–H and O–H groups in total. The number of rotatable bonds is 1. The number of carbonyl (C=O) groups excluding carboxylic acids is 1. The molecule has 1 rings (SSSR count). The topological polar surface area (TPSA) is 45.8 Å². The second-order valence-corrected chi connectivity index (χ2v) is 1.49. The van der Waals surface area contributed by atoms with E-state index in [1.807, 2.05) is 0 Å². The van der Waals surface area contributed by atoms with E-state index in [9.17, 15) is 4.79 Å². The van der Waals surface area contributed by atoms with Crippen LogP contribution in [0.25, 0.3) is 0 Å². The highest BCUT2D eigenvalue weighted by Crippen LogP contribution is 1.95. The normalized spacial score (nSPS) is 9.12. The summed E-state index contributed by atoms with van der Waals surface area (Å²) in [4.78, 5) is 9.90. The standard InChI is InChI=1S/C5H5N2O/c1-4-5(3-8)2-6-7-4/h2H,1H3,(H,6,7). The van der Waals surface area contributed by atoms with Gasteiger partial charge in [-0.25, -0.2) is 0 Å². The van der Waals surface area contributed by atoms with Crippen molar-refractivity contribution in [3.05, 3.63) is 17.5 Å². The van der Waals surface area contributed by atoms with Gasteiger partial charge in [-0.3, -0.25) is 9.89 Å². The summed E-state index contributed by atoms with van der Waals surface area (Å²) in [6, 6.07) is 0. The molecule has 0 aromatic carbocycles. The molecule has 1 aromatic heterocycles. The number of aromatic amines is 1. The highest BCUT2D eigenvalue weighted by Gasteiger charge is 1.95. The lowest BCUT2D eigenvalue weighted by atomic mass is 10.3. The summed E-state index contributed by atoms with van der Waals surface area (Å²) in [6.45, 7) is 1.75. The lowest BCUT2D eigenvalue weighted by Crippen LogP contribution is -1.78. The number of aryl methyl sites for hydroxylation is 1. The summed E-state index contributed by atoms with van der Waals surface area (Å²) in [5.74, 6) is 0. The Kier molecular flexibility index (Phi) is 1.12. The van der Waals surface area contributed by atoms with Gasteiger partial charge >= 0.3 is 0 Å². The van der Waals surface area contributed by atoms with Gasteiger partial charge in [0.1, 0.15) is 0 Å². The van der Waals surface area contributed by atoms with Crippen molar-refractivity contribution in [1.82, 2.24) is 10.2 Å². The average Bonchev–Trinajstić information content (AvgIpc) is 2.14. The van der Waals surface area contributed by atoms with Crippen LogP contribution in [0.5, 0.6) is 0 Å². The molecular formula is C5H5N2O. The fraction of sp³-hybridized carbons (Fsp3) is 0.200. The van der Waals surface area contributed by atoms with Crippen LogP contribution in [0.2, 0.25) is 0 Å². The first-order valence-corrected chi connectivity index (χ1v) is 2.23. The van der Waals surface area contributed by atoms with Crippen LogP contribution in [0.3, 0.4) is 0 Å². The van der Waals surface area contributed by atoms with Crippen LogP contribution in [-0.2, 0) is 4.79 Å². The summed E-state index contributed by atoms with van der Waals surface area (Å²) >= 11 is 0. The zero-order valence-corrected chi connectivity index (χ0v) is 4.43. The van der Waals surface area contributed by atoms with E-state index in [1.54, 1.807) is 13.2 Å². The molecule has 3 nitrogen and oxygen atoms in total. The average molecular weight is 109 g/mol. The quantitative estimate of drug-likeness (QED) is 0.559. The van der Waals surface area contributed by atoms with E-state index in [1.165, 1.54) is 6.20 Å². The molecule has 0 saturated carbocycles. The minimum atomic E-state index is 0.505. The summed E-state index contributed by atoms with van der Waals surface area (Å²) in [6.07, 6.45) is 3.25. The van der Waals surface area contributed by atoms with Gasteiger partial charge in [-0.1, -0.05) is 0 Å². The van der Waals surface area contributed by atoms with Crippen molar-refractivity contribution < 1.29 is 4.79 Å². The number of aromatic nitrogens is 2. The predicted octanol–water partition coefficient (Wildman–Crippen LogP) is 0.176. The van der Waals surface area contributed by atoms with Gasteiger partial charge in [-0.15, -0.1) is 0 Å². The van der Waals surface area contributed by atoms with E-state index in [2.05, 4.69) is 10.2 Å². The van der Waals surface area contributed by atoms with Crippen LogP contribution in [0.4, 0.5) is 0 Å². The van der Waals surface area contributed by atoms with Crippen molar-refractivity contribution >= 4 is 6.29 Å². The summed E-state index contributed by atoms with van der Waals surface area (Å²) in [5, 5.41) is 6.24. The predicted molar refractivity (Wildman–Crippen MR) is 28.1 cm³/mol. The van der Waals surface area contributed by atoms with Gasteiger partial charge in [-0.05, 0) is 6.92 Å². The van der Waals surface area contributed by atoms with E-state index in [0.29, 0.717) is 11.3 Å². The summed E-state index contributed by atoms with van der Waals surface area (Å²) in [5.41, 5.74) is 1.20. The Balaban J connectivity index is 3.09. The Labute approximate surface area is 46.7 Å². The van der Waals surface area contributed by atoms with Crippen molar-refractivity contribution in [2.24, 2.45) is 0 Å². The van der Waals surface area contributed by atoms with E-state index in [0.717, 1.165) is 0 Å². The first-order valence-electron chi connectivity index (χ1n) is 2.23. The molecule has 8 heavy (non-hydrogen) atoms. The Hall–Kier alpha value is -1.12. The van der Waals surface area contributed by atoms with Gasteiger partial charge in [0.25, 0.3) is 0 Å². The highest BCUT2D eigenvalue weighted by molar-refractivity contribution is 5.76. The second-order valence-electron chi connectivity index (χ2n) is 1.49. The molecule has 0 atom stereocenters. The molecule has 1 aromatic rings. The van der Waals surface area contributed by atoms with Crippen LogP contribution in [-0.4, -0.2) is 16.5 Å². The van der Waals surface area contributed by atoms with E-state index < -0.39 is 0 Å². The maximum Gasteiger partial charge on any atom is 0.237 e. The molecule has 0 aliphatic carbocycles. The van der Waals surface area contributed by atoms with Crippen molar-refractivity contribution in [2.45, 2.75) is 6.92 Å².